The summed E-state index contributed by atoms with van der Waals surface area (Å²) in [5.74, 6) is -2.92. The number of halogens is 2. The van der Waals surface area contributed by atoms with E-state index in [9.17, 15) is 23.9 Å². The minimum absolute atomic E-state index is 0. The van der Waals surface area contributed by atoms with Gasteiger partial charge in [0.05, 0.1) is 63.1 Å². The Bertz CT molecular complexity index is 1640. The minimum Gasteiger partial charge on any atom is -0.780 e. The van der Waals surface area contributed by atoms with Crippen molar-refractivity contribution in [3.05, 3.63) is 88.4 Å². The predicted molar refractivity (Wildman–Crippen MR) is 142 cm³/mol. The van der Waals surface area contributed by atoms with E-state index in [-0.39, 0.29) is 82.5 Å². The van der Waals surface area contributed by atoms with Gasteiger partial charge in [-0.1, -0.05) is 53.5 Å². The van der Waals surface area contributed by atoms with Crippen LogP contribution in [-0.4, -0.2) is 35.8 Å². The van der Waals surface area contributed by atoms with Crippen molar-refractivity contribution < 1.29 is 92.3 Å². The van der Waals surface area contributed by atoms with Gasteiger partial charge in [-0.2, -0.15) is 5.10 Å². The first-order chi connectivity index (χ1) is 19.1. The average Bonchev–Trinajstić information content (AvgIpc) is 3.65. The van der Waals surface area contributed by atoms with Gasteiger partial charge in [0, 0.05) is 5.56 Å². The third-order valence-corrected chi connectivity index (χ3v) is 9.11. The second kappa shape index (κ2) is 11.9. The number of benzene rings is 3. The number of carbonyl (C=O) groups is 2. The number of fused-ring (bicyclic) bond motifs is 8. The zero-order chi connectivity index (χ0) is 27.9. The summed E-state index contributed by atoms with van der Waals surface area (Å²) in [5, 5.41) is 7.51. The fourth-order valence-electron chi connectivity index (χ4n) is 6.40. The minimum atomic E-state index is -5.25. The molecule has 0 saturated carbocycles. The molecule has 7 rings (SSSR count). The molecule has 15 heteroatoms. The molecule has 42 heavy (non-hydrogen) atoms. The van der Waals surface area contributed by atoms with Gasteiger partial charge < -0.3 is 23.6 Å². The molecule has 2 bridgehead atoms. The van der Waals surface area contributed by atoms with Gasteiger partial charge in [-0.25, -0.2) is 4.90 Å². The van der Waals surface area contributed by atoms with Crippen LogP contribution in [0.5, 0.6) is 5.75 Å². The Balaban J connectivity index is 0.00000176. The van der Waals surface area contributed by atoms with Crippen molar-refractivity contribution in [1.29, 1.82) is 0 Å². The molecule has 3 fully saturated rings. The number of rotatable bonds is 5. The van der Waals surface area contributed by atoms with Gasteiger partial charge >= 0.3 is 59.1 Å². The number of imide groups is 1. The maximum Gasteiger partial charge on any atom is 1.00 e. The maximum atomic E-state index is 13.8. The summed E-state index contributed by atoms with van der Waals surface area (Å²) in [6.07, 6.45) is -1.27. The van der Waals surface area contributed by atoms with Crippen molar-refractivity contribution in [3.63, 3.8) is 0 Å². The van der Waals surface area contributed by atoms with Gasteiger partial charge in [-0.05, 0) is 42.5 Å². The smallest absolute Gasteiger partial charge is 0.780 e. The van der Waals surface area contributed by atoms with E-state index in [0.717, 1.165) is 10.6 Å². The first-order valence-corrected chi connectivity index (χ1v) is 14.6. The molecule has 10 nitrogen and oxygen atoms in total. The molecule has 2 amide bonds. The van der Waals surface area contributed by atoms with Crippen molar-refractivity contribution in [2.45, 2.75) is 18.2 Å². The van der Waals surface area contributed by atoms with Gasteiger partial charge in [-0.15, -0.1) is 0 Å². The fraction of sp³-hybridized carbons (Fsp3) is 0.222. The van der Waals surface area contributed by atoms with Gasteiger partial charge in [0.1, 0.15) is 13.6 Å². The molecule has 204 valence electrons. The molecular formula is C27H18Cl2N3Na2O7P. The van der Waals surface area contributed by atoms with Crippen LogP contribution in [0.1, 0.15) is 5.56 Å². The van der Waals surface area contributed by atoms with Crippen LogP contribution in [0.15, 0.2) is 77.9 Å². The number of ether oxygens (including phenoxy) is 1. The van der Waals surface area contributed by atoms with Crippen molar-refractivity contribution >= 4 is 59.9 Å². The Labute approximate surface area is 294 Å². The van der Waals surface area contributed by atoms with Gasteiger partial charge in [0.2, 0.25) is 11.8 Å². The fourth-order valence-corrected chi connectivity index (χ4v) is 7.17. The summed E-state index contributed by atoms with van der Waals surface area (Å²) >= 11 is 12.9. The number of hydrogen-bond acceptors (Lipinski definition) is 9. The van der Waals surface area contributed by atoms with E-state index in [1.54, 1.807) is 12.1 Å². The summed E-state index contributed by atoms with van der Waals surface area (Å²) < 4.78 is 21.7. The molecule has 0 aromatic heterocycles. The van der Waals surface area contributed by atoms with Crippen molar-refractivity contribution in [2.75, 3.05) is 9.91 Å². The number of hydrogen-bond donors (Lipinski definition) is 0. The SMILES string of the molecule is O=C1C2C3OC(C2C(=O)N1c1ccc(OP(=O)([O-])[O-])cc1)C1C3C(c2cccc(Cl)c2Cl)=NN1c1ccccc1.[Na+].[Na+]. The third kappa shape index (κ3) is 5.13. The van der Waals surface area contributed by atoms with Crippen LogP contribution in [0.3, 0.4) is 0 Å². The number of para-hydroxylation sites is 1. The number of amides is 2. The molecule has 3 saturated heterocycles. The van der Waals surface area contributed by atoms with Crippen LogP contribution in [0, 0.1) is 17.8 Å². The number of phosphoric acid groups is 1. The summed E-state index contributed by atoms with van der Waals surface area (Å²) in [6, 6.07) is 19.6. The van der Waals surface area contributed by atoms with Crippen LogP contribution in [0.4, 0.5) is 11.4 Å². The summed E-state index contributed by atoms with van der Waals surface area (Å²) in [6.45, 7) is 0. The Morgan fingerprint density at radius 1 is 0.810 bits per heavy atom. The number of hydrazone groups is 1. The number of nitrogens with zero attached hydrogens (tertiary/aromatic N) is 3. The Kier molecular flexibility index (Phi) is 9.14. The van der Waals surface area contributed by atoms with Crippen LogP contribution < -0.4 is 83.3 Å². The second-order valence-electron chi connectivity index (χ2n) is 9.94. The monoisotopic (exact) mass is 643 g/mol. The molecule has 6 unspecified atom stereocenters. The standard InChI is InChI=1S/C27H20Cl2N3O7P.2Na/c28-17-8-4-7-16(21(17)29)22-20-23(32(30-22)14-5-2-1-3-6-14)25-19-18(24(20)38-25)26(33)31(27(19)34)13-9-11-15(12-10-13)39-40(35,36)37;;/h1-12,18-20,23-25H,(H2,35,36,37);;/q;2*+1/p-2. The van der Waals surface area contributed by atoms with Crippen LogP contribution in [0.2, 0.25) is 10.0 Å². The van der Waals surface area contributed by atoms with E-state index in [1.807, 2.05) is 41.4 Å². The summed E-state index contributed by atoms with van der Waals surface area (Å²) in [5.41, 5.74) is 2.30. The largest absolute Gasteiger partial charge is 1.00 e. The Hall–Kier alpha value is -1.24. The van der Waals surface area contributed by atoms with E-state index >= 15 is 0 Å². The molecule has 6 atom stereocenters. The zero-order valence-corrected chi connectivity index (χ0v) is 28.7. The molecule has 4 aliphatic heterocycles. The molecule has 0 spiro atoms. The normalized spacial score (nSPS) is 27.3. The average molecular weight is 644 g/mol. The molecule has 0 aliphatic carbocycles. The third-order valence-electron chi connectivity index (χ3n) is 7.85. The maximum absolute atomic E-state index is 13.8. The summed E-state index contributed by atoms with van der Waals surface area (Å²) in [7, 11) is -5.25. The number of carbonyl (C=O) groups excluding carboxylic acids is 2. The van der Waals surface area contributed by atoms with E-state index in [2.05, 4.69) is 4.52 Å². The molecular weight excluding hydrogens is 626 g/mol. The molecule has 0 N–H and O–H groups in total. The first kappa shape index (κ1) is 32.2. The van der Waals surface area contributed by atoms with E-state index in [1.165, 1.54) is 24.3 Å². The van der Waals surface area contributed by atoms with Gasteiger partial charge in [0.25, 0.3) is 0 Å². The Morgan fingerprint density at radius 2 is 1.45 bits per heavy atom. The van der Waals surface area contributed by atoms with Crippen molar-refractivity contribution in [3.8, 4) is 5.75 Å². The van der Waals surface area contributed by atoms with Crippen LogP contribution >= 0.6 is 31.0 Å². The molecule has 4 aliphatic rings. The van der Waals surface area contributed by atoms with Gasteiger partial charge in [0.15, 0.2) is 0 Å². The Morgan fingerprint density at radius 3 is 2.10 bits per heavy atom. The van der Waals surface area contributed by atoms with Crippen molar-refractivity contribution in [2.24, 2.45) is 22.9 Å². The van der Waals surface area contributed by atoms with E-state index < -0.39 is 43.7 Å². The van der Waals surface area contributed by atoms with Crippen LogP contribution in [0.25, 0.3) is 0 Å². The zero-order valence-electron chi connectivity index (χ0n) is 22.3. The molecule has 3 aromatic rings. The second-order valence-corrected chi connectivity index (χ2v) is 11.8. The first-order valence-electron chi connectivity index (χ1n) is 12.4. The topological polar surface area (TPSA) is 135 Å². The number of anilines is 2. The molecule has 3 aromatic carbocycles. The number of phosphoric ester groups is 1. The predicted octanol–water partition coefficient (Wildman–Crippen LogP) is -3.00. The quantitative estimate of drug-likeness (QED) is 0.163. The van der Waals surface area contributed by atoms with E-state index in [0.29, 0.717) is 21.3 Å². The van der Waals surface area contributed by atoms with Crippen LogP contribution in [-0.2, 0) is 18.9 Å². The summed E-state index contributed by atoms with van der Waals surface area (Å²) in [4.78, 5) is 50.5. The van der Waals surface area contributed by atoms with Gasteiger partial charge in [-0.3, -0.25) is 14.6 Å². The molecule has 0 radical (unpaired) electrons. The van der Waals surface area contributed by atoms with Crippen molar-refractivity contribution in [1.82, 2.24) is 0 Å². The molecule has 4 heterocycles. The van der Waals surface area contributed by atoms with E-state index in [4.69, 9.17) is 33.0 Å².